The number of rotatable bonds is 3. The Morgan fingerprint density at radius 3 is 2.10 bits per heavy atom. The van der Waals surface area contributed by atoms with Gasteiger partial charge in [-0.3, -0.25) is 0 Å². The van der Waals surface area contributed by atoms with Crippen molar-refractivity contribution in [3.05, 3.63) is 12.2 Å². The molecule has 0 aromatic rings. The molecule has 176 valence electrons. The van der Waals surface area contributed by atoms with Crippen LogP contribution in [0.5, 0.6) is 0 Å². The Balaban J connectivity index is 1.55. The molecular formula is C28H48N2O. The molecular weight excluding hydrogens is 380 g/mol. The van der Waals surface area contributed by atoms with E-state index in [1.807, 2.05) is 0 Å². The van der Waals surface area contributed by atoms with Gasteiger partial charge in [-0.1, -0.05) is 39.8 Å². The third kappa shape index (κ3) is 2.42. The number of hydrogen-bond donors (Lipinski definition) is 1. The summed E-state index contributed by atoms with van der Waals surface area (Å²) in [5.41, 5.74) is 1.75. The molecule has 3 nitrogen and oxygen atoms in total. The molecule has 3 heteroatoms. The molecule has 0 heterocycles. The molecule has 0 aromatic heterocycles. The van der Waals surface area contributed by atoms with Crippen LogP contribution in [0.15, 0.2) is 12.2 Å². The highest BCUT2D eigenvalue weighted by Crippen LogP contribution is 2.87. The maximum absolute atomic E-state index is 11.4. The normalized spacial score (nSPS) is 55.4. The van der Waals surface area contributed by atoms with Gasteiger partial charge in [-0.25, -0.2) is 0 Å². The van der Waals surface area contributed by atoms with Crippen LogP contribution < -0.4 is 0 Å². The van der Waals surface area contributed by atoms with Gasteiger partial charge in [0.25, 0.3) is 0 Å². The second kappa shape index (κ2) is 6.39. The summed E-state index contributed by atoms with van der Waals surface area (Å²) in [6, 6.07) is 1.09. The van der Waals surface area contributed by atoms with E-state index in [2.05, 4.69) is 84.8 Å². The largest absolute Gasteiger partial charge is 0.393 e. The fraction of sp³-hybridized carbons (Fsp3) is 0.929. The fourth-order valence-corrected chi connectivity index (χ4v) is 10.8. The lowest BCUT2D eigenvalue weighted by molar-refractivity contribution is -0.109. The van der Waals surface area contributed by atoms with Gasteiger partial charge in [0.2, 0.25) is 0 Å². The highest BCUT2D eigenvalue weighted by atomic mass is 16.3. The number of hydrogen-bond acceptors (Lipinski definition) is 3. The topological polar surface area (TPSA) is 26.7 Å². The lowest BCUT2D eigenvalue weighted by Crippen LogP contribution is -2.58. The minimum Gasteiger partial charge on any atom is -0.393 e. The van der Waals surface area contributed by atoms with Gasteiger partial charge in [0.15, 0.2) is 0 Å². The Morgan fingerprint density at radius 1 is 0.871 bits per heavy atom. The van der Waals surface area contributed by atoms with Gasteiger partial charge in [-0.05, 0) is 113 Å². The van der Waals surface area contributed by atoms with E-state index in [1.54, 1.807) is 0 Å². The van der Waals surface area contributed by atoms with Crippen LogP contribution in [0.1, 0.15) is 73.1 Å². The number of aliphatic hydroxyl groups excluding tert-OH is 1. The van der Waals surface area contributed by atoms with Crippen LogP contribution in [0.3, 0.4) is 0 Å². The Bertz CT molecular complexity index is 788. The Labute approximate surface area is 191 Å². The average Bonchev–Trinajstić information content (AvgIpc) is 3.26. The van der Waals surface area contributed by atoms with Gasteiger partial charge in [-0.2, -0.15) is 0 Å². The maximum atomic E-state index is 11.4. The van der Waals surface area contributed by atoms with Crippen LogP contribution in [-0.4, -0.2) is 61.3 Å². The molecule has 31 heavy (non-hydrogen) atoms. The van der Waals surface area contributed by atoms with Crippen molar-refractivity contribution >= 4 is 0 Å². The third-order valence-corrected chi connectivity index (χ3v) is 12.5. The van der Waals surface area contributed by atoms with Crippen LogP contribution in [0, 0.1) is 44.8 Å². The summed E-state index contributed by atoms with van der Waals surface area (Å²) in [6.45, 7) is 12.5. The Morgan fingerprint density at radius 2 is 1.48 bits per heavy atom. The zero-order chi connectivity index (χ0) is 22.8. The fourth-order valence-electron chi connectivity index (χ4n) is 10.8. The summed E-state index contributed by atoms with van der Waals surface area (Å²) in [7, 11) is 8.93. The van der Waals surface area contributed by atoms with Crippen molar-refractivity contribution in [1.29, 1.82) is 0 Å². The zero-order valence-electron chi connectivity index (χ0n) is 21.7. The van der Waals surface area contributed by atoms with E-state index < -0.39 is 0 Å². The van der Waals surface area contributed by atoms with E-state index in [4.69, 9.17) is 0 Å². The average molecular weight is 429 g/mol. The van der Waals surface area contributed by atoms with Crippen LogP contribution in [0.4, 0.5) is 0 Å². The van der Waals surface area contributed by atoms with Crippen molar-refractivity contribution in [3.8, 4) is 0 Å². The molecule has 4 saturated carbocycles. The molecule has 0 radical (unpaired) electrons. The SMILES string of the molecule is CC(C1C(O)CC2(C)C3C=CC4C(C)(C)C(N(C)C)CCC45CC35CCC12C)N(C)C. The van der Waals surface area contributed by atoms with Crippen LogP contribution in [0.25, 0.3) is 0 Å². The lowest BCUT2D eigenvalue weighted by Gasteiger charge is -2.62. The molecule has 0 amide bonds. The van der Waals surface area contributed by atoms with Crippen molar-refractivity contribution in [3.63, 3.8) is 0 Å². The first-order valence-corrected chi connectivity index (χ1v) is 13.0. The van der Waals surface area contributed by atoms with Gasteiger partial charge in [0.1, 0.15) is 0 Å². The van der Waals surface area contributed by atoms with E-state index >= 15 is 0 Å². The van der Waals surface area contributed by atoms with Crippen LogP contribution in [-0.2, 0) is 0 Å². The number of nitrogens with zero attached hydrogens (tertiary/aromatic N) is 2. The van der Waals surface area contributed by atoms with Crippen LogP contribution >= 0.6 is 0 Å². The van der Waals surface area contributed by atoms with E-state index in [1.165, 1.54) is 32.1 Å². The molecule has 10 unspecified atom stereocenters. The molecule has 5 aliphatic carbocycles. The minimum atomic E-state index is -0.177. The predicted octanol–water partition coefficient (Wildman–Crippen LogP) is 5.05. The molecule has 2 spiro atoms. The highest BCUT2D eigenvalue weighted by Gasteiger charge is 2.82. The first-order chi connectivity index (χ1) is 14.3. The Kier molecular flexibility index (Phi) is 4.62. The van der Waals surface area contributed by atoms with Crippen molar-refractivity contribution in [1.82, 2.24) is 9.80 Å². The van der Waals surface area contributed by atoms with E-state index in [0.29, 0.717) is 46.1 Å². The number of fused-ring (bicyclic) bond motifs is 2. The molecule has 4 fully saturated rings. The first-order valence-electron chi connectivity index (χ1n) is 13.0. The summed E-state index contributed by atoms with van der Waals surface area (Å²) < 4.78 is 0. The molecule has 0 saturated heterocycles. The number of aliphatic hydroxyl groups is 1. The molecule has 5 aliphatic rings. The van der Waals surface area contributed by atoms with E-state index in [0.717, 1.165) is 6.42 Å². The molecule has 0 aromatic carbocycles. The van der Waals surface area contributed by atoms with Gasteiger partial charge < -0.3 is 14.9 Å². The maximum Gasteiger partial charge on any atom is 0.0594 e. The molecule has 0 aliphatic heterocycles. The molecule has 5 rings (SSSR count). The van der Waals surface area contributed by atoms with Gasteiger partial charge in [0, 0.05) is 18.0 Å². The summed E-state index contributed by atoms with van der Waals surface area (Å²) in [5.74, 6) is 1.70. The number of allylic oxidation sites excluding steroid dienone is 2. The molecule has 0 bridgehead atoms. The standard InChI is InChI=1S/C28H48N2O/c1-18(29(6)7)23-19(31)16-26(5)21-11-10-20-24(2,3)22(30(8)9)12-13-27(20)17-28(21,27)15-14-25(23,26)4/h10-11,18-23,31H,12-17H2,1-9H3. The molecule has 1 N–H and O–H groups in total. The first kappa shape index (κ1) is 22.4. The third-order valence-electron chi connectivity index (χ3n) is 12.5. The lowest BCUT2D eigenvalue weighted by atomic mass is 9.43. The predicted molar refractivity (Wildman–Crippen MR) is 129 cm³/mol. The Hall–Kier alpha value is -0.380. The van der Waals surface area contributed by atoms with Gasteiger partial charge in [-0.15, -0.1) is 0 Å². The summed E-state index contributed by atoms with van der Waals surface area (Å²) >= 11 is 0. The minimum absolute atomic E-state index is 0.177. The second-order valence-corrected chi connectivity index (χ2v) is 14.0. The monoisotopic (exact) mass is 428 g/mol. The van der Waals surface area contributed by atoms with E-state index in [-0.39, 0.29) is 16.9 Å². The highest BCUT2D eigenvalue weighted by molar-refractivity contribution is 5.37. The van der Waals surface area contributed by atoms with Crippen molar-refractivity contribution in [2.75, 3.05) is 28.2 Å². The van der Waals surface area contributed by atoms with Crippen molar-refractivity contribution in [2.24, 2.45) is 44.8 Å². The van der Waals surface area contributed by atoms with E-state index in [9.17, 15) is 5.11 Å². The smallest absolute Gasteiger partial charge is 0.0594 e. The zero-order valence-corrected chi connectivity index (χ0v) is 21.7. The quantitative estimate of drug-likeness (QED) is 0.637. The van der Waals surface area contributed by atoms with Crippen LogP contribution in [0.2, 0.25) is 0 Å². The summed E-state index contributed by atoms with van der Waals surface area (Å²) in [6.07, 6.45) is 13.0. The van der Waals surface area contributed by atoms with Crippen molar-refractivity contribution < 1.29 is 5.11 Å². The summed E-state index contributed by atoms with van der Waals surface area (Å²) in [5, 5.41) is 11.4. The van der Waals surface area contributed by atoms with Gasteiger partial charge >= 0.3 is 0 Å². The second-order valence-electron chi connectivity index (χ2n) is 14.0. The van der Waals surface area contributed by atoms with Crippen molar-refractivity contribution in [2.45, 2.75) is 91.3 Å². The van der Waals surface area contributed by atoms with Gasteiger partial charge in [0.05, 0.1) is 6.10 Å². The summed E-state index contributed by atoms with van der Waals surface area (Å²) in [4.78, 5) is 4.83. The molecule has 10 atom stereocenters.